The highest BCUT2D eigenvalue weighted by molar-refractivity contribution is 5.79. The normalized spacial score (nSPS) is 24.6. The molecule has 0 aromatic heterocycles. The lowest BCUT2D eigenvalue weighted by atomic mass is 10.1. The van der Waals surface area contributed by atoms with Gasteiger partial charge in [0.1, 0.15) is 0 Å². The van der Waals surface area contributed by atoms with Gasteiger partial charge < -0.3 is 4.90 Å². The van der Waals surface area contributed by atoms with Crippen LogP contribution in [0.1, 0.15) is 32.6 Å². The fourth-order valence-electron chi connectivity index (χ4n) is 1.73. The zero-order chi connectivity index (χ0) is 9.84. The van der Waals surface area contributed by atoms with E-state index < -0.39 is 12.3 Å². The summed E-state index contributed by atoms with van der Waals surface area (Å²) in [7, 11) is 0. The Morgan fingerprint density at radius 3 is 2.69 bits per heavy atom. The minimum Gasteiger partial charge on any atom is -0.335 e. The number of amides is 1. The Balaban J connectivity index is 2.58. The molecule has 0 aromatic carbocycles. The minimum atomic E-state index is -2.85. The Morgan fingerprint density at radius 1 is 1.38 bits per heavy atom. The van der Waals surface area contributed by atoms with Gasteiger partial charge in [0.2, 0.25) is 0 Å². The van der Waals surface area contributed by atoms with Crippen molar-refractivity contribution in [2.75, 3.05) is 6.54 Å². The van der Waals surface area contributed by atoms with Gasteiger partial charge in [-0.3, -0.25) is 4.79 Å². The monoisotopic (exact) mass is 191 g/mol. The van der Waals surface area contributed by atoms with Crippen LogP contribution >= 0.6 is 0 Å². The van der Waals surface area contributed by atoms with Crippen molar-refractivity contribution in [1.82, 2.24) is 4.90 Å². The molecule has 0 N–H and O–H groups in total. The lowest BCUT2D eigenvalue weighted by Crippen LogP contribution is -2.41. The largest absolute Gasteiger partial charge is 0.335 e. The molecule has 1 aliphatic heterocycles. The van der Waals surface area contributed by atoms with Gasteiger partial charge in [-0.15, -0.1) is 0 Å². The van der Waals surface area contributed by atoms with Gasteiger partial charge >= 0.3 is 6.43 Å². The molecular weight excluding hydrogens is 176 g/mol. The first-order chi connectivity index (χ1) is 6.13. The molecule has 0 spiro atoms. The van der Waals surface area contributed by atoms with Crippen LogP contribution in [-0.4, -0.2) is 29.8 Å². The Labute approximate surface area is 76.9 Å². The molecule has 0 bridgehead atoms. The lowest BCUT2D eigenvalue weighted by Gasteiger charge is -2.26. The topological polar surface area (TPSA) is 20.3 Å². The quantitative estimate of drug-likeness (QED) is 0.621. The third-order valence-electron chi connectivity index (χ3n) is 2.52. The second kappa shape index (κ2) is 4.53. The molecular formula is C9H15F2NO. The fraction of sp³-hybridized carbons (Fsp3) is 0.889. The molecule has 0 aliphatic carbocycles. The standard InChI is InChI=1S/C9H15F2NO/c1-7-5-3-2-4-6-12(7)9(13)8(10)11/h7-8H,2-6H2,1H3. The van der Waals surface area contributed by atoms with E-state index in [0.29, 0.717) is 6.54 Å². The average Bonchev–Trinajstić information content (AvgIpc) is 2.28. The molecule has 0 saturated carbocycles. The number of carbonyl (C=O) groups excluding carboxylic acids is 1. The Hall–Kier alpha value is -0.670. The van der Waals surface area contributed by atoms with Gasteiger partial charge in [0.25, 0.3) is 5.91 Å². The molecule has 1 atom stereocenters. The highest BCUT2D eigenvalue weighted by Crippen LogP contribution is 2.17. The van der Waals surface area contributed by atoms with Gasteiger partial charge in [-0.1, -0.05) is 12.8 Å². The molecule has 1 aliphatic rings. The summed E-state index contributed by atoms with van der Waals surface area (Å²) in [6.07, 6.45) is 0.924. The van der Waals surface area contributed by atoms with E-state index in [9.17, 15) is 13.6 Å². The van der Waals surface area contributed by atoms with Crippen molar-refractivity contribution in [3.8, 4) is 0 Å². The van der Waals surface area contributed by atoms with Crippen LogP contribution in [0.15, 0.2) is 0 Å². The summed E-state index contributed by atoms with van der Waals surface area (Å²) in [5.74, 6) is -1.01. The van der Waals surface area contributed by atoms with E-state index >= 15 is 0 Å². The third-order valence-corrected chi connectivity index (χ3v) is 2.52. The predicted octanol–water partition coefficient (Wildman–Crippen LogP) is 2.04. The molecule has 0 aromatic rings. The number of alkyl halides is 2. The molecule has 1 unspecified atom stereocenters. The van der Waals surface area contributed by atoms with E-state index in [1.807, 2.05) is 6.92 Å². The van der Waals surface area contributed by atoms with Gasteiger partial charge in [-0.05, 0) is 19.8 Å². The van der Waals surface area contributed by atoms with Crippen molar-refractivity contribution in [3.05, 3.63) is 0 Å². The van der Waals surface area contributed by atoms with Gasteiger partial charge in [0.05, 0.1) is 0 Å². The summed E-state index contributed by atoms with van der Waals surface area (Å²) in [6.45, 7) is 2.33. The Bertz CT molecular complexity index is 184. The molecule has 4 heteroatoms. The van der Waals surface area contributed by atoms with Crippen LogP contribution in [0, 0.1) is 0 Å². The van der Waals surface area contributed by atoms with Gasteiger partial charge in [-0.25, -0.2) is 0 Å². The number of hydrogen-bond acceptors (Lipinski definition) is 1. The van der Waals surface area contributed by atoms with E-state index in [-0.39, 0.29) is 6.04 Å². The molecule has 1 heterocycles. The molecule has 13 heavy (non-hydrogen) atoms. The third kappa shape index (κ3) is 2.64. The number of nitrogens with zero attached hydrogens (tertiary/aromatic N) is 1. The SMILES string of the molecule is CC1CCCCCN1C(=O)C(F)F. The summed E-state index contributed by atoms with van der Waals surface area (Å²) in [6, 6.07) is -0.0241. The maximum absolute atomic E-state index is 12.1. The van der Waals surface area contributed by atoms with Crippen LogP contribution in [0.4, 0.5) is 8.78 Å². The van der Waals surface area contributed by atoms with E-state index in [2.05, 4.69) is 0 Å². The summed E-state index contributed by atoms with van der Waals surface area (Å²) in [4.78, 5) is 12.4. The van der Waals surface area contributed by atoms with Crippen molar-refractivity contribution in [2.45, 2.75) is 45.1 Å². The first kappa shape index (κ1) is 10.4. The first-order valence-corrected chi connectivity index (χ1v) is 4.71. The van der Waals surface area contributed by atoms with Crippen LogP contribution in [0.25, 0.3) is 0 Å². The molecule has 0 radical (unpaired) electrons. The molecule has 1 fully saturated rings. The maximum Gasteiger partial charge on any atom is 0.315 e. The predicted molar refractivity (Wildman–Crippen MR) is 45.6 cm³/mol. The van der Waals surface area contributed by atoms with Crippen LogP contribution in [0.3, 0.4) is 0 Å². The van der Waals surface area contributed by atoms with Crippen molar-refractivity contribution >= 4 is 5.91 Å². The molecule has 1 amide bonds. The zero-order valence-electron chi connectivity index (χ0n) is 7.80. The second-order valence-corrected chi connectivity index (χ2v) is 3.53. The second-order valence-electron chi connectivity index (χ2n) is 3.53. The fourth-order valence-corrected chi connectivity index (χ4v) is 1.73. The van der Waals surface area contributed by atoms with Gasteiger partial charge in [0, 0.05) is 12.6 Å². The average molecular weight is 191 g/mol. The molecule has 2 nitrogen and oxygen atoms in total. The summed E-state index contributed by atoms with van der Waals surface area (Å²) < 4.78 is 24.3. The van der Waals surface area contributed by atoms with E-state index in [4.69, 9.17) is 0 Å². The maximum atomic E-state index is 12.1. The first-order valence-electron chi connectivity index (χ1n) is 4.71. The highest BCUT2D eigenvalue weighted by atomic mass is 19.3. The smallest absolute Gasteiger partial charge is 0.315 e. The Kier molecular flexibility index (Phi) is 3.63. The van der Waals surface area contributed by atoms with Crippen LogP contribution in [-0.2, 0) is 4.79 Å². The highest BCUT2D eigenvalue weighted by Gasteiger charge is 2.27. The number of halogens is 2. The van der Waals surface area contributed by atoms with Crippen molar-refractivity contribution in [1.29, 1.82) is 0 Å². The number of carbonyl (C=O) groups is 1. The summed E-state index contributed by atoms with van der Waals surface area (Å²) in [5.41, 5.74) is 0. The minimum absolute atomic E-state index is 0.0241. The van der Waals surface area contributed by atoms with E-state index in [0.717, 1.165) is 25.7 Å². The lowest BCUT2D eigenvalue weighted by molar-refractivity contribution is -0.144. The Morgan fingerprint density at radius 2 is 2.08 bits per heavy atom. The molecule has 1 saturated heterocycles. The van der Waals surface area contributed by atoms with Crippen LogP contribution in [0.5, 0.6) is 0 Å². The van der Waals surface area contributed by atoms with Gasteiger partial charge in [0.15, 0.2) is 0 Å². The molecule has 76 valence electrons. The number of rotatable bonds is 1. The molecule has 1 rings (SSSR count). The summed E-state index contributed by atoms with van der Waals surface area (Å²) in [5, 5.41) is 0. The van der Waals surface area contributed by atoms with Crippen LogP contribution < -0.4 is 0 Å². The van der Waals surface area contributed by atoms with Crippen molar-refractivity contribution in [3.63, 3.8) is 0 Å². The zero-order valence-corrected chi connectivity index (χ0v) is 7.80. The summed E-state index contributed by atoms with van der Waals surface area (Å²) >= 11 is 0. The number of hydrogen-bond donors (Lipinski definition) is 0. The van der Waals surface area contributed by atoms with Crippen molar-refractivity contribution < 1.29 is 13.6 Å². The van der Waals surface area contributed by atoms with E-state index in [1.165, 1.54) is 4.90 Å². The number of likely N-dealkylation sites (tertiary alicyclic amines) is 1. The van der Waals surface area contributed by atoms with Crippen LogP contribution in [0.2, 0.25) is 0 Å². The van der Waals surface area contributed by atoms with E-state index in [1.54, 1.807) is 0 Å². The van der Waals surface area contributed by atoms with Crippen molar-refractivity contribution in [2.24, 2.45) is 0 Å². The van der Waals surface area contributed by atoms with Gasteiger partial charge in [-0.2, -0.15) is 8.78 Å².